The van der Waals surface area contributed by atoms with Crippen LogP contribution in [-0.4, -0.2) is 37.9 Å². The van der Waals surface area contributed by atoms with E-state index in [0.717, 1.165) is 43.4 Å². The highest BCUT2D eigenvalue weighted by atomic mass is 15.2. The first-order chi connectivity index (χ1) is 10.4. The lowest BCUT2D eigenvalue weighted by molar-refractivity contribution is 0.309. The van der Waals surface area contributed by atoms with Crippen molar-refractivity contribution >= 4 is 11.0 Å². The number of likely N-dealkylation sites (tertiary alicyclic amines) is 1. The Kier molecular flexibility index (Phi) is 3.20. The normalized spacial score (nSPS) is 19.5. The predicted molar refractivity (Wildman–Crippen MR) is 81.8 cm³/mol. The molecule has 1 fully saturated rings. The number of nitrogens with one attached hydrogen (secondary N) is 2. The number of pyridine rings is 1. The summed E-state index contributed by atoms with van der Waals surface area (Å²) < 4.78 is 0. The molecular weight excluding hydrogens is 262 g/mol. The lowest BCUT2D eigenvalue weighted by Gasteiger charge is -2.14. The van der Waals surface area contributed by atoms with Crippen LogP contribution >= 0.6 is 0 Å². The van der Waals surface area contributed by atoms with Crippen molar-refractivity contribution in [3.63, 3.8) is 0 Å². The summed E-state index contributed by atoms with van der Waals surface area (Å²) in [5, 5.41) is 1.21. The molecule has 1 unspecified atom stereocenters. The van der Waals surface area contributed by atoms with Crippen molar-refractivity contribution < 1.29 is 0 Å². The summed E-state index contributed by atoms with van der Waals surface area (Å²) in [5.41, 5.74) is 2.32. The third-order valence-corrected chi connectivity index (χ3v) is 4.28. The van der Waals surface area contributed by atoms with Crippen LogP contribution < -0.4 is 0 Å². The van der Waals surface area contributed by atoms with Gasteiger partial charge in [0.05, 0.1) is 6.54 Å². The van der Waals surface area contributed by atoms with Gasteiger partial charge in [0.25, 0.3) is 0 Å². The quantitative estimate of drug-likeness (QED) is 0.771. The maximum absolute atomic E-state index is 4.48. The van der Waals surface area contributed by atoms with Crippen LogP contribution in [0.1, 0.15) is 17.8 Å². The number of fused-ring (bicyclic) bond motifs is 1. The number of hydrogen-bond acceptors (Lipinski definition) is 3. The molecule has 0 saturated carbocycles. The van der Waals surface area contributed by atoms with E-state index < -0.39 is 0 Å². The van der Waals surface area contributed by atoms with Crippen LogP contribution in [0, 0.1) is 5.92 Å². The van der Waals surface area contributed by atoms with Crippen LogP contribution in [0.5, 0.6) is 0 Å². The summed E-state index contributed by atoms with van der Waals surface area (Å²) in [6.45, 7) is 3.23. The molecule has 5 nitrogen and oxygen atoms in total. The van der Waals surface area contributed by atoms with Crippen LogP contribution in [0.25, 0.3) is 11.0 Å². The van der Waals surface area contributed by atoms with Crippen molar-refractivity contribution in [2.24, 2.45) is 5.92 Å². The summed E-state index contributed by atoms with van der Waals surface area (Å²) in [4.78, 5) is 17.6. The first-order valence-electron chi connectivity index (χ1n) is 7.49. The molecule has 0 aliphatic carbocycles. The standard InChI is InChI=1S/C16H19N5/c1-3-19-16-14(1)8-13(9-20-16)7-12-2-6-21(10-12)11-15-17-4-5-18-15/h1,3-5,8-9,12H,2,6-7,10-11H2,(H,17,18)(H,19,20). The SMILES string of the molecule is c1c[nH]c(CN2CCC(Cc3cnc4[nH]ccc4c3)C2)n1. The molecule has 4 rings (SSSR count). The lowest BCUT2D eigenvalue weighted by atomic mass is 9.99. The smallest absolute Gasteiger partial charge is 0.137 e. The average Bonchev–Trinajstić information content (AvgIpc) is 3.21. The summed E-state index contributed by atoms with van der Waals surface area (Å²) >= 11 is 0. The van der Waals surface area contributed by atoms with E-state index in [2.05, 4.69) is 37.0 Å². The molecule has 5 heteroatoms. The second kappa shape index (κ2) is 5.33. The van der Waals surface area contributed by atoms with Gasteiger partial charge >= 0.3 is 0 Å². The lowest BCUT2D eigenvalue weighted by Crippen LogP contribution is -2.21. The van der Waals surface area contributed by atoms with Gasteiger partial charge in [-0.25, -0.2) is 9.97 Å². The maximum Gasteiger partial charge on any atom is 0.137 e. The Labute approximate surface area is 123 Å². The molecule has 1 atom stereocenters. The topological polar surface area (TPSA) is 60.6 Å². The van der Waals surface area contributed by atoms with Gasteiger partial charge in [0, 0.05) is 36.7 Å². The molecule has 1 saturated heterocycles. The number of aromatic amines is 2. The van der Waals surface area contributed by atoms with Gasteiger partial charge < -0.3 is 9.97 Å². The number of rotatable bonds is 4. The molecule has 0 radical (unpaired) electrons. The van der Waals surface area contributed by atoms with Crippen LogP contribution in [0.15, 0.2) is 36.9 Å². The summed E-state index contributed by atoms with van der Waals surface area (Å²) in [6.07, 6.45) is 10.0. The van der Waals surface area contributed by atoms with E-state index in [9.17, 15) is 0 Å². The maximum atomic E-state index is 4.48. The molecule has 2 N–H and O–H groups in total. The zero-order chi connectivity index (χ0) is 14.1. The highest BCUT2D eigenvalue weighted by Gasteiger charge is 2.23. The van der Waals surface area contributed by atoms with Crippen LogP contribution in [0.2, 0.25) is 0 Å². The minimum Gasteiger partial charge on any atom is -0.348 e. The van der Waals surface area contributed by atoms with E-state index in [4.69, 9.17) is 0 Å². The van der Waals surface area contributed by atoms with Gasteiger partial charge in [-0.15, -0.1) is 0 Å². The Balaban J connectivity index is 1.39. The van der Waals surface area contributed by atoms with E-state index in [1.54, 1.807) is 0 Å². The Hall–Kier alpha value is -2.14. The van der Waals surface area contributed by atoms with Gasteiger partial charge in [0.2, 0.25) is 0 Å². The molecule has 0 spiro atoms. The summed E-state index contributed by atoms with van der Waals surface area (Å²) in [7, 11) is 0. The van der Waals surface area contributed by atoms with Crippen LogP contribution in [0.4, 0.5) is 0 Å². The van der Waals surface area contributed by atoms with Crippen molar-refractivity contribution in [2.45, 2.75) is 19.4 Å². The number of aromatic nitrogens is 4. The van der Waals surface area contributed by atoms with Crippen molar-refractivity contribution in [3.8, 4) is 0 Å². The number of nitrogens with zero attached hydrogens (tertiary/aromatic N) is 3. The average molecular weight is 281 g/mol. The highest BCUT2D eigenvalue weighted by molar-refractivity contribution is 5.75. The molecule has 1 aliphatic heterocycles. The van der Waals surface area contributed by atoms with E-state index >= 15 is 0 Å². The molecular formula is C16H19N5. The zero-order valence-electron chi connectivity index (χ0n) is 11.9. The summed E-state index contributed by atoms with van der Waals surface area (Å²) in [6, 6.07) is 4.34. The molecule has 108 valence electrons. The van der Waals surface area contributed by atoms with Gasteiger partial charge in [-0.1, -0.05) is 0 Å². The Morgan fingerprint density at radius 2 is 2.24 bits per heavy atom. The highest BCUT2D eigenvalue weighted by Crippen LogP contribution is 2.23. The van der Waals surface area contributed by atoms with E-state index in [1.807, 2.05) is 24.8 Å². The molecule has 0 aromatic carbocycles. The summed E-state index contributed by atoms with van der Waals surface area (Å²) in [5.74, 6) is 1.78. The third-order valence-electron chi connectivity index (χ3n) is 4.28. The fraction of sp³-hybridized carbons (Fsp3) is 0.375. The molecule has 21 heavy (non-hydrogen) atoms. The van der Waals surface area contributed by atoms with Gasteiger partial charge in [-0.05, 0) is 43.0 Å². The van der Waals surface area contributed by atoms with Gasteiger partial charge in [-0.2, -0.15) is 0 Å². The Morgan fingerprint density at radius 3 is 3.14 bits per heavy atom. The van der Waals surface area contributed by atoms with Gasteiger partial charge in [0.1, 0.15) is 11.5 Å². The molecule has 0 amide bonds. The fourth-order valence-electron chi connectivity index (χ4n) is 3.25. The molecule has 1 aliphatic rings. The second-order valence-electron chi connectivity index (χ2n) is 5.89. The molecule has 4 heterocycles. The predicted octanol–water partition coefficient (Wildman–Crippen LogP) is 2.35. The number of hydrogen-bond donors (Lipinski definition) is 2. The molecule has 3 aromatic heterocycles. The van der Waals surface area contributed by atoms with Crippen LogP contribution in [0.3, 0.4) is 0 Å². The monoisotopic (exact) mass is 281 g/mol. The minimum absolute atomic E-state index is 0.721. The third kappa shape index (κ3) is 2.69. The van der Waals surface area contributed by atoms with Gasteiger partial charge in [0.15, 0.2) is 0 Å². The van der Waals surface area contributed by atoms with Crippen molar-refractivity contribution in [1.82, 2.24) is 24.8 Å². The van der Waals surface area contributed by atoms with Crippen LogP contribution in [-0.2, 0) is 13.0 Å². The number of H-pyrrole nitrogens is 2. The second-order valence-corrected chi connectivity index (χ2v) is 5.89. The molecule has 3 aromatic rings. The zero-order valence-corrected chi connectivity index (χ0v) is 11.9. The first-order valence-corrected chi connectivity index (χ1v) is 7.49. The fourth-order valence-corrected chi connectivity index (χ4v) is 3.25. The largest absolute Gasteiger partial charge is 0.348 e. The van der Waals surface area contributed by atoms with E-state index in [1.165, 1.54) is 17.4 Å². The van der Waals surface area contributed by atoms with E-state index in [0.29, 0.717) is 0 Å². The van der Waals surface area contributed by atoms with Gasteiger partial charge in [-0.3, -0.25) is 4.90 Å². The first kappa shape index (κ1) is 12.6. The Bertz CT molecular complexity index is 715. The molecule has 0 bridgehead atoms. The number of imidazole rings is 1. The Morgan fingerprint density at radius 1 is 1.24 bits per heavy atom. The minimum atomic E-state index is 0.721. The van der Waals surface area contributed by atoms with Crippen molar-refractivity contribution in [3.05, 3.63) is 48.3 Å². The van der Waals surface area contributed by atoms with E-state index in [-0.39, 0.29) is 0 Å². The van der Waals surface area contributed by atoms with Crippen molar-refractivity contribution in [1.29, 1.82) is 0 Å². The van der Waals surface area contributed by atoms with Crippen molar-refractivity contribution in [2.75, 3.05) is 13.1 Å².